The summed E-state index contributed by atoms with van der Waals surface area (Å²) in [5, 5.41) is 2.75. The van der Waals surface area contributed by atoms with E-state index in [9.17, 15) is 0 Å². The van der Waals surface area contributed by atoms with E-state index in [2.05, 4.69) is 37.0 Å². The Morgan fingerprint density at radius 3 is 2.12 bits per heavy atom. The number of hydrogen-bond donors (Lipinski definition) is 2. The first-order valence-electron chi connectivity index (χ1n) is 6.09. The zero-order chi connectivity index (χ0) is 13.5. The number of rotatable bonds is 5. The zero-order valence-corrected chi connectivity index (χ0v) is 12.7. The predicted molar refractivity (Wildman–Crippen MR) is 79.6 cm³/mol. The molecule has 3 nitrogen and oxygen atoms in total. The largest absolute Gasteiger partial charge is 0.465 e. The van der Waals surface area contributed by atoms with Crippen LogP contribution in [0.1, 0.15) is 31.8 Å². The Bertz CT molecular complexity index is 239. The topological polar surface area (TPSA) is 51.2 Å². The van der Waals surface area contributed by atoms with Gasteiger partial charge in [-0.3, -0.25) is 0 Å². The van der Waals surface area contributed by atoms with Gasteiger partial charge in [0.1, 0.15) is 11.5 Å². The predicted octanol–water partition coefficient (Wildman–Crippen LogP) is 2.90. The second-order valence-corrected chi connectivity index (χ2v) is 4.38. The van der Waals surface area contributed by atoms with Gasteiger partial charge in [-0.25, -0.2) is 0 Å². The minimum absolute atomic E-state index is 0.998. The van der Waals surface area contributed by atoms with E-state index in [1.807, 2.05) is 25.9 Å². The van der Waals surface area contributed by atoms with Crippen LogP contribution >= 0.6 is 11.8 Å². The van der Waals surface area contributed by atoms with E-state index in [0.717, 1.165) is 23.7 Å². The number of hydrogen-bond acceptors (Lipinski definition) is 4. The van der Waals surface area contributed by atoms with Gasteiger partial charge in [-0.2, -0.15) is 11.8 Å². The number of nitrogens with one attached hydrogen (secondary N) is 1. The lowest BCUT2D eigenvalue weighted by Crippen LogP contribution is -1.89. The van der Waals surface area contributed by atoms with Crippen LogP contribution in [0.2, 0.25) is 0 Å². The molecule has 0 spiro atoms. The highest BCUT2D eigenvalue weighted by Crippen LogP contribution is 2.16. The molecule has 0 amide bonds. The molecule has 0 aliphatic carbocycles. The van der Waals surface area contributed by atoms with E-state index in [0.29, 0.717) is 0 Å². The summed E-state index contributed by atoms with van der Waals surface area (Å²) in [5.74, 6) is 4.46. The fraction of sp³-hybridized carbons (Fsp3) is 0.692. The minimum atomic E-state index is 0.998. The van der Waals surface area contributed by atoms with Crippen LogP contribution in [-0.4, -0.2) is 26.9 Å². The molecular weight excluding hydrogens is 232 g/mol. The third-order valence-corrected chi connectivity index (χ3v) is 2.84. The monoisotopic (exact) mass is 260 g/mol. The summed E-state index contributed by atoms with van der Waals surface area (Å²) in [7, 11) is 5.25. The van der Waals surface area contributed by atoms with Crippen molar-refractivity contribution in [2.45, 2.75) is 32.4 Å². The molecule has 3 N–H and O–H groups in total. The van der Waals surface area contributed by atoms with Crippen molar-refractivity contribution < 1.29 is 4.42 Å². The molecule has 0 atom stereocenters. The number of furan rings is 1. The van der Waals surface area contributed by atoms with Crippen molar-refractivity contribution in [3.05, 3.63) is 23.7 Å². The molecule has 1 aromatic heterocycles. The van der Waals surface area contributed by atoms with Gasteiger partial charge >= 0.3 is 0 Å². The second-order valence-electron chi connectivity index (χ2n) is 3.27. The second kappa shape index (κ2) is 15.6. The van der Waals surface area contributed by atoms with Crippen LogP contribution in [-0.2, 0) is 12.2 Å². The Balaban J connectivity index is 0. The molecule has 0 bridgehead atoms. The van der Waals surface area contributed by atoms with Crippen LogP contribution in [0.4, 0.5) is 0 Å². The molecule has 17 heavy (non-hydrogen) atoms. The van der Waals surface area contributed by atoms with Crippen LogP contribution in [0, 0.1) is 0 Å². The normalized spacial score (nSPS) is 8.82. The molecule has 1 heterocycles. The molecule has 1 aromatic rings. The van der Waals surface area contributed by atoms with Gasteiger partial charge in [0.2, 0.25) is 0 Å². The maximum atomic E-state index is 5.56. The first kappa shape index (κ1) is 18.9. The van der Waals surface area contributed by atoms with Gasteiger partial charge in [-0.1, -0.05) is 13.8 Å². The SMILES string of the molecule is CCCSCc1ccc(CC)o1.CN.CNC. The molecule has 4 heteroatoms. The van der Waals surface area contributed by atoms with Crippen molar-refractivity contribution in [1.82, 2.24) is 5.32 Å². The lowest BCUT2D eigenvalue weighted by Gasteiger charge is -1.95. The molecule has 0 saturated heterocycles. The lowest BCUT2D eigenvalue weighted by molar-refractivity contribution is 0.485. The Morgan fingerprint density at radius 1 is 1.18 bits per heavy atom. The average molecular weight is 260 g/mol. The maximum Gasteiger partial charge on any atom is 0.114 e. The molecular formula is C13H28N2OS. The highest BCUT2D eigenvalue weighted by atomic mass is 32.2. The van der Waals surface area contributed by atoms with E-state index in [1.54, 1.807) is 0 Å². The quantitative estimate of drug-likeness (QED) is 0.799. The summed E-state index contributed by atoms with van der Waals surface area (Å²) in [5.41, 5.74) is 4.50. The fourth-order valence-corrected chi connectivity index (χ4v) is 1.80. The van der Waals surface area contributed by atoms with Crippen LogP contribution in [0.25, 0.3) is 0 Å². The van der Waals surface area contributed by atoms with Crippen molar-refractivity contribution in [2.75, 3.05) is 26.9 Å². The van der Waals surface area contributed by atoms with Crippen molar-refractivity contribution in [2.24, 2.45) is 5.73 Å². The number of thioether (sulfide) groups is 1. The Labute approximate surface area is 111 Å². The summed E-state index contributed by atoms with van der Waals surface area (Å²) in [4.78, 5) is 0. The van der Waals surface area contributed by atoms with Crippen molar-refractivity contribution in [3.8, 4) is 0 Å². The average Bonchev–Trinajstić information content (AvgIpc) is 2.81. The number of nitrogens with two attached hydrogens (primary N) is 1. The Kier molecular flexibility index (Phi) is 17.3. The molecule has 0 saturated carbocycles. The first-order chi connectivity index (χ1) is 8.28. The van der Waals surface area contributed by atoms with Crippen molar-refractivity contribution >= 4 is 11.8 Å². The van der Waals surface area contributed by atoms with Crippen molar-refractivity contribution in [3.63, 3.8) is 0 Å². The molecule has 0 aromatic carbocycles. The summed E-state index contributed by atoms with van der Waals surface area (Å²) in [6.07, 6.45) is 2.24. The van der Waals surface area contributed by atoms with Crippen LogP contribution in [0.5, 0.6) is 0 Å². The van der Waals surface area contributed by atoms with Crippen LogP contribution in [0.15, 0.2) is 16.5 Å². The van der Waals surface area contributed by atoms with Gasteiger partial charge in [0.25, 0.3) is 0 Å². The Morgan fingerprint density at radius 2 is 1.71 bits per heavy atom. The Hall–Kier alpha value is -0.450. The van der Waals surface area contributed by atoms with E-state index >= 15 is 0 Å². The first-order valence-corrected chi connectivity index (χ1v) is 7.25. The minimum Gasteiger partial charge on any atom is -0.465 e. The van der Waals surface area contributed by atoms with E-state index in [4.69, 9.17) is 4.42 Å². The molecule has 0 radical (unpaired) electrons. The van der Waals surface area contributed by atoms with Crippen LogP contribution in [0.3, 0.4) is 0 Å². The summed E-state index contributed by atoms with van der Waals surface area (Å²) in [6.45, 7) is 4.31. The summed E-state index contributed by atoms with van der Waals surface area (Å²) < 4.78 is 5.56. The third-order valence-electron chi connectivity index (χ3n) is 1.66. The zero-order valence-electron chi connectivity index (χ0n) is 11.9. The lowest BCUT2D eigenvalue weighted by atomic mass is 10.4. The molecule has 0 fully saturated rings. The number of aryl methyl sites for hydroxylation is 1. The van der Waals surface area contributed by atoms with E-state index < -0.39 is 0 Å². The fourth-order valence-electron chi connectivity index (χ4n) is 1.01. The van der Waals surface area contributed by atoms with Crippen LogP contribution < -0.4 is 11.1 Å². The van der Waals surface area contributed by atoms with Gasteiger partial charge in [-0.15, -0.1) is 0 Å². The third kappa shape index (κ3) is 11.8. The molecule has 0 aliphatic rings. The van der Waals surface area contributed by atoms with Crippen molar-refractivity contribution in [1.29, 1.82) is 0 Å². The standard InChI is InChI=1S/C10H16OS.C2H7N.CH5N/c1-3-7-12-8-10-6-5-9(4-2)11-10;1-3-2;1-2/h5-6H,3-4,7-8H2,1-2H3;3H,1-2H3;2H2,1H3. The highest BCUT2D eigenvalue weighted by Gasteiger charge is 1.99. The van der Waals surface area contributed by atoms with Gasteiger partial charge < -0.3 is 15.5 Å². The van der Waals surface area contributed by atoms with Gasteiger partial charge in [0, 0.05) is 6.42 Å². The maximum absolute atomic E-state index is 5.56. The van der Waals surface area contributed by atoms with Gasteiger partial charge in [0.15, 0.2) is 0 Å². The summed E-state index contributed by atoms with van der Waals surface area (Å²) >= 11 is 1.94. The summed E-state index contributed by atoms with van der Waals surface area (Å²) in [6, 6.07) is 4.16. The van der Waals surface area contributed by atoms with E-state index in [1.165, 1.54) is 19.2 Å². The van der Waals surface area contributed by atoms with Gasteiger partial charge in [0.05, 0.1) is 5.75 Å². The molecule has 1 rings (SSSR count). The molecule has 0 unspecified atom stereocenters. The van der Waals surface area contributed by atoms with E-state index in [-0.39, 0.29) is 0 Å². The highest BCUT2D eigenvalue weighted by molar-refractivity contribution is 7.98. The smallest absolute Gasteiger partial charge is 0.114 e. The molecule has 102 valence electrons. The molecule has 0 aliphatic heterocycles. The van der Waals surface area contributed by atoms with Gasteiger partial charge in [-0.05, 0) is 45.4 Å².